The largest absolute Gasteiger partial charge is 0.312 e. The van der Waals surface area contributed by atoms with Crippen LogP contribution in [0.4, 0.5) is 0 Å². The minimum absolute atomic E-state index is 0.140. The topological polar surface area (TPSA) is 17.1 Å². The number of alkyl halides is 1. The Morgan fingerprint density at radius 1 is 0.812 bits per heavy atom. The average molecular weight is 251 g/mol. The molecule has 0 aliphatic heterocycles. The van der Waals surface area contributed by atoms with Gasteiger partial charge in [0.2, 0.25) is 0 Å². The lowest BCUT2D eigenvalue weighted by atomic mass is 10.4. The number of rotatable bonds is 3. The van der Waals surface area contributed by atoms with Gasteiger partial charge in [0.15, 0.2) is 7.14 Å². The van der Waals surface area contributed by atoms with Crippen LogP contribution in [0.5, 0.6) is 0 Å². The van der Waals surface area contributed by atoms with Crippen LogP contribution < -0.4 is 10.6 Å². The highest BCUT2D eigenvalue weighted by molar-refractivity contribution is 7.79. The maximum atomic E-state index is 12.9. The summed E-state index contributed by atoms with van der Waals surface area (Å²) in [6.45, 7) is 0. The Balaban J connectivity index is 2.54. The van der Waals surface area contributed by atoms with Crippen LogP contribution in [-0.2, 0) is 4.57 Å². The summed E-state index contributed by atoms with van der Waals surface area (Å²) in [5.41, 5.74) is 0.140. The van der Waals surface area contributed by atoms with Crippen molar-refractivity contribution in [1.82, 2.24) is 0 Å². The van der Waals surface area contributed by atoms with E-state index in [1.54, 1.807) is 0 Å². The fraction of sp³-hybridized carbons (Fsp3) is 0.0769. The summed E-state index contributed by atoms with van der Waals surface area (Å²) >= 11 is 5.91. The quantitative estimate of drug-likeness (QED) is 0.604. The van der Waals surface area contributed by atoms with E-state index in [1.165, 1.54) is 0 Å². The molecule has 0 aromatic heterocycles. The van der Waals surface area contributed by atoms with Gasteiger partial charge in [0.05, 0.1) is 5.62 Å². The van der Waals surface area contributed by atoms with Crippen molar-refractivity contribution >= 4 is 29.4 Å². The minimum atomic E-state index is -2.64. The first-order valence-electron chi connectivity index (χ1n) is 5.03. The molecule has 0 radical (unpaired) electrons. The molecule has 0 aliphatic carbocycles. The van der Waals surface area contributed by atoms with Gasteiger partial charge in [0.1, 0.15) is 0 Å². The highest BCUT2D eigenvalue weighted by Gasteiger charge is 2.25. The van der Waals surface area contributed by atoms with Gasteiger partial charge in [-0.1, -0.05) is 60.7 Å². The summed E-state index contributed by atoms with van der Waals surface area (Å²) in [6, 6.07) is 18.8. The van der Waals surface area contributed by atoms with Crippen molar-refractivity contribution in [2.24, 2.45) is 0 Å². The van der Waals surface area contributed by atoms with Crippen molar-refractivity contribution in [3.05, 3.63) is 60.7 Å². The van der Waals surface area contributed by atoms with E-state index in [-0.39, 0.29) is 5.62 Å². The molecule has 0 heterocycles. The molecule has 0 spiro atoms. The van der Waals surface area contributed by atoms with E-state index in [4.69, 9.17) is 11.6 Å². The van der Waals surface area contributed by atoms with Crippen LogP contribution >= 0.6 is 18.7 Å². The highest BCUT2D eigenvalue weighted by Crippen LogP contribution is 2.43. The Labute approximate surface area is 100 Å². The van der Waals surface area contributed by atoms with Gasteiger partial charge in [-0.3, -0.25) is 0 Å². The molecule has 1 nitrogen and oxygen atoms in total. The van der Waals surface area contributed by atoms with E-state index >= 15 is 0 Å². The van der Waals surface area contributed by atoms with Gasteiger partial charge in [0, 0.05) is 10.6 Å². The number of halogens is 1. The Morgan fingerprint density at radius 3 is 1.50 bits per heavy atom. The highest BCUT2D eigenvalue weighted by atomic mass is 35.5. The van der Waals surface area contributed by atoms with Crippen LogP contribution in [0, 0.1) is 0 Å². The zero-order chi connectivity index (χ0) is 11.4. The fourth-order valence-corrected chi connectivity index (χ4v) is 4.33. The van der Waals surface area contributed by atoms with Gasteiger partial charge in [-0.2, -0.15) is 0 Å². The molecule has 82 valence electrons. The van der Waals surface area contributed by atoms with E-state index in [0.29, 0.717) is 0 Å². The molecule has 0 aliphatic rings. The van der Waals surface area contributed by atoms with Crippen LogP contribution in [0.2, 0.25) is 0 Å². The van der Waals surface area contributed by atoms with Gasteiger partial charge in [-0.05, 0) is 0 Å². The van der Waals surface area contributed by atoms with E-state index in [9.17, 15) is 4.57 Å². The maximum Gasteiger partial charge on any atom is 0.157 e. The van der Waals surface area contributed by atoms with Crippen molar-refractivity contribution in [2.45, 2.75) is 0 Å². The second kappa shape index (κ2) is 4.86. The third kappa shape index (κ3) is 2.07. The Morgan fingerprint density at radius 2 is 1.19 bits per heavy atom. The van der Waals surface area contributed by atoms with Crippen molar-refractivity contribution in [2.75, 3.05) is 5.62 Å². The SMILES string of the molecule is O=P(CCl)(c1ccccc1)c1ccccc1. The molecular weight excluding hydrogens is 239 g/mol. The smallest absolute Gasteiger partial charge is 0.157 e. The zero-order valence-electron chi connectivity index (χ0n) is 8.71. The van der Waals surface area contributed by atoms with Gasteiger partial charge in [-0.15, -0.1) is 11.6 Å². The van der Waals surface area contributed by atoms with Crippen molar-refractivity contribution in [3.8, 4) is 0 Å². The van der Waals surface area contributed by atoms with Crippen LogP contribution in [0.1, 0.15) is 0 Å². The monoisotopic (exact) mass is 250 g/mol. The molecule has 0 fully saturated rings. The number of benzene rings is 2. The van der Waals surface area contributed by atoms with Gasteiger partial charge >= 0.3 is 0 Å². The predicted octanol–water partition coefficient (Wildman–Crippen LogP) is 3.20. The first kappa shape index (κ1) is 11.4. The van der Waals surface area contributed by atoms with Crippen molar-refractivity contribution < 1.29 is 4.57 Å². The molecule has 16 heavy (non-hydrogen) atoms. The molecule has 2 aromatic carbocycles. The third-order valence-electron chi connectivity index (χ3n) is 2.51. The Kier molecular flexibility index (Phi) is 3.48. The number of hydrogen-bond donors (Lipinski definition) is 0. The molecule has 2 aromatic rings. The minimum Gasteiger partial charge on any atom is -0.312 e. The lowest BCUT2D eigenvalue weighted by Gasteiger charge is -2.15. The second-order valence-electron chi connectivity index (χ2n) is 3.53. The van der Waals surface area contributed by atoms with Gasteiger partial charge < -0.3 is 4.57 Å². The standard InChI is InChI=1S/C13H12ClOP/c14-11-16(15,12-7-3-1-4-8-12)13-9-5-2-6-10-13/h1-10H,11H2. The normalized spacial score (nSPS) is 11.3. The summed E-state index contributed by atoms with van der Waals surface area (Å²) in [6.07, 6.45) is 0. The van der Waals surface area contributed by atoms with Crippen LogP contribution in [0.3, 0.4) is 0 Å². The summed E-state index contributed by atoms with van der Waals surface area (Å²) in [4.78, 5) is 0. The Bertz CT molecular complexity index is 452. The molecule has 2 rings (SSSR count). The average Bonchev–Trinajstić information content (AvgIpc) is 2.40. The fourth-order valence-electron chi connectivity index (χ4n) is 1.62. The molecule has 3 heteroatoms. The van der Waals surface area contributed by atoms with Gasteiger partial charge in [0.25, 0.3) is 0 Å². The zero-order valence-corrected chi connectivity index (χ0v) is 10.4. The van der Waals surface area contributed by atoms with Crippen molar-refractivity contribution in [1.29, 1.82) is 0 Å². The van der Waals surface area contributed by atoms with Crippen molar-refractivity contribution in [3.63, 3.8) is 0 Å². The first-order chi connectivity index (χ1) is 7.77. The molecule has 0 saturated heterocycles. The predicted molar refractivity (Wildman–Crippen MR) is 70.5 cm³/mol. The maximum absolute atomic E-state index is 12.9. The van der Waals surface area contributed by atoms with E-state index < -0.39 is 7.14 Å². The van der Waals surface area contributed by atoms with E-state index in [2.05, 4.69) is 0 Å². The molecule has 0 atom stereocenters. The van der Waals surface area contributed by atoms with Gasteiger partial charge in [-0.25, -0.2) is 0 Å². The molecule has 0 bridgehead atoms. The van der Waals surface area contributed by atoms with Crippen LogP contribution in [-0.4, -0.2) is 5.62 Å². The Hall–Kier alpha value is -1.04. The summed E-state index contributed by atoms with van der Waals surface area (Å²) in [5, 5.41) is 1.63. The summed E-state index contributed by atoms with van der Waals surface area (Å²) in [5.74, 6) is 0. The molecule has 0 N–H and O–H groups in total. The summed E-state index contributed by atoms with van der Waals surface area (Å²) < 4.78 is 12.9. The summed E-state index contributed by atoms with van der Waals surface area (Å²) in [7, 11) is -2.64. The molecule has 0 amide bonds. The first-order valence-corrected chi connectivity index (χ1v) is 7.46. The van der Waals surface area contributed by atoms with E-state index in [1.807, 2.05) is 60.7 Å². The second-order valence-corrected chi connectivity index (χ2v) is 7.00. The molecule has 0 unspecified atom stereocenters. The van der Waals surface area contributed by atoms with Crippen LogP contribution in [0.25, 0.3) is 0 Å². The lowest BCUT2D eigenvalue weighted by molar-refractivity contribution is 0.589. The number of hydrogen-bond acceptors (Lipinski definition) is 1. The van der Waals surface area contributed by atoms with Crippen LogP contribution in [0.15, 0.2) is 60.7 Å². The molecule has 0 saturated carbocycles. The third-order valence-corrected chi connectivity index (χ3v) is 6.13. The van der Waals surface area contributed by atoms with E-state index in [0.717, 1.165) is 10.6 Å². The lowest BCUT2D eigenvalue weighted by Crippen LogP contribution is -2.16. The molecular formula is C13H12ClOP.